The molecule has 4 aromatic rings. The van der Waals surface area contributed by atoms with Crippen LogP contribution in [0.5, 0.6) is 0 Å². The van der Waals surface area contributed by atoms with E-state index in [-0.39, 0.29) is 11.5 Å². The summed E-state index contributed by atoms with van der Waals surface area (Å²) in [6.45, 7) is 2.00. The Morgan fingerprint density at radius 2 is 1.72 bits per heavy atom. The average molecular weight is 420 g/mol. The molecule has 0 unspecified atom stereocenters. The molecule has 0 N–H and O–H groups in total. The van der Waals surface area contributed by atoms with Gasteiger partial charge in [0.1, 0.15) is 0 Å². The number of Topliss-reactive ketones (excluding diaryl/α,β-unsaturated/α-hetero) is 1. The Hall–Kier alpha value is -2.89. The first-order valence-corrected chi connectivity index (χ1v) is 10.5. The minimum Gasteiger partial charge on any atom is -0.293 e. The van der Waals surface area contributed by atoms with Gasteiger partial charge in [0.2, 0.25) is 0 Å². The lowest BCUT2D eigenvalue weighted by Crippen LogP contribution is -2.05. The number of carbonyl (C=O) groups is 1. The molecule has 0 bridgehead atoms. The molecule has 6 heteroatoms. The molecule has 29 heavy (non-hydrogen) atoms. The largest absolute Gasteiger partial charge is 0.293 e. The van der Waals surface area contributed by atoms with Crippen LogP contribution in [0.4, 0.5) is 0 Å². The van der Waals surface area contributed by atoms with E-state index >= 15 is 0 Å². The molecule has 0 amide bonds. The number of para-hydroxylation sites is 1. The van der Waals surface area contributed by atoms with Crippen LogP contribution in [-0.2, 0) is 0 Å². The highest BCUT2D eigenvalue weighted by atomic mass is 35.5. The molecule has 4 rings (SSSR count). The van der Waals surface area contributed by atoms with Crippen LogP contribution in [0, 0.1) is 6.92 Å². The zero-order valence-corrected chi connectivity index (χ0v) is 17.3. The molecule has 0 atom stereocenters. The molecule has 0 fully saturated rings. The highest BCUT2D eigenvalue weighted by Crippen LogP contribution is 2.29. The van der Waals surface area contributed by atoms with Gasteiger partial charge in [0.25, 0.3) is 0 Å². The summed E-state index contributed by atoms with van der Waals surface area (Å²) in [6, 6.07) is 25.0. The first kappa shape index (κ1) is 19.4. The van der Waals surface area contributed by atoms with Gasteiger partial charge >= 0.3 is 0 Å². The Bertz CT molecular complexity index is 1140. The lowest BCUT2D eigenvalue weighted by Gasteiger charge is -2.10. The number of ketones is 1. The fraction of sp³-hybridized carbons (Fsp3) is 0.0870. The van der Waals surface area contributed by atoms with Gasteiger partial charge in [-0.15, -0.1) is 10.2 Å². The van der Waals surface area contributed by atoms with E-state index < -0.39 is 0 Å². The topological polar surface area (TPSA) is 47.8 Å². The van der Waals surface area contributed by atoms with Crippen molar-refractivity contribution in [1.82, 2.24) is 14.8 Å². The van der Waals surface area contributed by atoms with E-state index in [1.807, 2.05) is 90.4 Å². The van der Waals surface area contributed by atoms with E-state index in [2.05, 4.69) is 10.2 Å². The minimum atomic E-state index is 0.0573. The summed E-state index contributed by atoms with van der Waals surface area (Å²) in [4.78, 5) is 12.6. The van der Waals surface area contributed by atoms with Crippen molar-refractivity contribution < 1.29 is 4.79 Å². The Morgan fingerprint density at radius 3 is 2.45 bits per heavy atom. The molecular weight excluding hydrogens is 402 g/mol. The van der Waals surface area contributed by atoms with E-state index in [1.54, 1.807) is 0 Å². The van der Waals surface area contributed by atoms with Gasteiger partial charge < -0.3 is 0 Å². The van der Waals surface area contributed by atoms with Gasteiger partial charge in [-0.2, -0.15) is 0 Å². The molecule has 0 radical (unpaired) electrons. The number of nitrogens with zero attached hydrogens (tertiary/aromatic N) is 3. The van der Waals surface area contributed by atoms with Crippen LogP contribution in [-0.4, -0.2) is 26.3 Å². The van der Waals surface area contributed by atoms with Gasteiger partial charge in [-0.1, -0.05) is 83.5 Å². The van der Waals surface area contributed by atoms with Crippen LogP contribution in [0.3, 0.4) is 0 Å². The van der Waals surface area contributed by atoms with Crippen molar-refractivity contribution in [2.75, 3.05) is 5.75 Å². The minimum absolute atomic E-state index is 0.0573. The zero-order valence-electron chi connectivity index (χ0n) is 15.7. The monoisotopic (exact) mass is 419 g/mol. The van der Waals surface area contributed by atoms with Crippen LogP contribution in [0.1, 0.15) is 15.9 Å². The summed E-state index contributed by atoms with van der Waals surface area (Å²) in [7, 11) is 0. The third-order valence-corrected chi connectivity index (χ3v) is 5.60. The predicted molar refractivity (Wildman–Crippen MR) is 118 cm³/mol. The van der Waals surface area contributed by atoms with Gasteiger partial charge in [0, 0.05) is 21.8 Å². The molecule has 0 aliphatic rings. The maximum absolute atomic E-state index is 12.6. The van der Waals surface area contributed by atoms with Crippen molar-refractivity contribution in [3.63, 3.8) is 0 Å². The van der Waals surface area contributed by atoms with Crippen molar-refractivity contribution in [2.45, 2.75) is 12.1 Å². The van der Waals surface area contributed by atoms with E-state index in [9.17, 15) is 4.79 Å². The first-order valence-electron chi connectivity index (χ1n) is 9.11. The van der Waals surface area contributed by atoms with Crippen molar-refractivity contribution in [3.8, 4) is 17.1 Å². The highest BCUT2D eigenvalue weighted by molar-refractivity contribution is 7.99. The van der Waals surface area contributed by atoms with Gasteiger partial charge in [0.15, 0.2) is 16.8 Å². The fourth-order valence-electron chi connectivity index (χ4n) is 2.94. The maximum Gasteiger partial charge on any atom is 0.196 e. The quantitative estimate of drug-likeness (QED) is 0.289. The van der Waals surface area contributed by atoms with Gasteiger partial charge in [0.05, 0.1) is 5.75 Å². The SMILES string of the molecule is Cc1ccc(C(=O)CSc2nnc(-c3cccc(Cl)c3)n2-c2ccccc2)cc1. The van der Waals surface area contributed by atoms with Crippen LogP contribution in [0.25, 0.3) is 17.1 Å². The number of aromatic nitrogens is 3. The molecule has 4 nitrogen and oxygen atoms in total. The summed E-state index contributed by atoms with van der Waals surface area (Å²) in [6.07, 6.45) is 0. The Balaban J connectivity index is 1.66. The number of hydrogen-bond donors (Lipinski definition) is 0. The van der Waals surface area contributed by atoms with E-state index in [1.165, 1.54) is 11.8 Å². The number of rotatable bonds is 6. The predicted octanol–water partition coefficient (Wildman–Crippen LogP) is 5.87. The molecule has 0 aliphatic carbocycles. The standard InChI is InChI=1S/C23H18ClN3OS/c1-16-10-12-17(13-11-16)21(28)15-29-23-26-25-22(18-6-5-7-19(24)14-18)27(23)20-8-3-2-4-9-20/h2-14H,15H2,1H3. The smallest absolute Gasteiger partial charge is 0.196 e. The maximum atomic E-state index is 12.6. The van der Waals surface area contributed by atoms with Crippen LogP contribution in [0.2, 0.25) is 5.02 Å². The van der Waals surface area contributed by atoms with E-state index in [4.69, 9.17) is 11.6 Å². The summed E-state index contributed by atoms with van der Waals surface area (Å²) in [5, 5.41) is 10.0. The lowest BCUT2D eigenvalue weighted by atomic mass is 10.1. The number of carbonyl (C=O) groups excluding carboxylic acids is 1. The van der Waals surface area contributed by atoms with Crippen molar-refractivity contribution in [1.29, 1.82) is 0 Å². The molecule has 1 aromatic heterocycles. The van der Waals surface area contributed by atoms with Crippen molar-refractivity contribution >= 4 is 29.1 Å². The first-order chi connectivity index (χ1) is 14.1. The number of aryl methyl sites for hydroxylation is 1. The molecule has 3 aromatic carbocycles. The zero-order chi connectivity index (χ0) is 20.2. The Labute approximate surface area is 178 Å². The van der Waals surface area contributed by atoms with E-state index in [0.717, 1.165) is 16.8 Å². The second-order valence-electron chi connectivity index (χ2n) is 6.57. The van der Waals surface area contributed by atoms with Crippen LogP contribution in [0.15, 0.2) is 84.0 Å². The second-order valence-corrected chi connectivity index (χ2v) is 7.94. The van der Waals surface area contributed by atoms with Crippen LogP contribution < -0.4 is 0 Å². The number of thioether (sulfide) groups is 1. The average Bonchev–Trinajstić information content (AvgIpc) is 3.17. The van der Waals surface area contributed by atoms with Crippen molar-refractivity contribution in [2.24, 2.45) is 0 Å². The summed E-state index contributed by atoms with van der Waals surface area (Å²) >= 11 is 7.55. The number of benzene rings is 3. The Kier molecular flexibility index (Phi) is 5.79. The highest BCUT2D eigenvalue weighted by Gasteiger charge is 2.18. The van der Waals surface area contributed by atoms with Crippen LogP contribution >= 0.6 is 23.4 Å². The second kappa shape index (κ2) is 8.64. The summed E-state index contributed by atoms with van der Waals surface area (Å²) in [5.41, 5.74) is 3.62. The summed E-state index contributed by atoms with van der Waals surface area (Å²) in [5.74, 6) is 1.02. The number of halogens is 1. The molecule has 0 saturated heterocycles. The fourth-order valence-corrected chi connectivity index (χ4v) is 3.98. The molecule has 1 heterocycles. The van der Waals surface area contributed by atoms with Gasteiger partial charge in [-0.05, 0) is 31.2 Å². The third-order valence-electron chi connectivity index (χ3n) is 4.44. The normalized spacial score (nSPS) is 10.8. The molecular formula is C23H18ClN3OS. The molecule has 144 valence electrons. The van der Waals surface area contributed by atoms with Gasteiger partial charge in [-0.3, -0.25) is 9.36 Å². The summed E-state index contributed by atoms with van der Waals surface area (Å²) < 4.78 is 1.96. The molecule has 0 spiro atoms. The Morgan fingerprint density at radius 1 is 0.966 bits per heavy atom. The molecule has 0 saturated carbocycles. The third kappa shape index (κ3) is 4.42. The lowest BCUT2D eigenvalue weighted by molar-refractivity contribution is 0.102. The number of hydrogen-bond acceptors (Lipinski definition) is 4. The van der Waals surface area contributed by atoms with Gasteiger partial charge in [-0.25, -0.2) is 0 Å². The molecule has 0 aliphatic heterocycles. The van der Waals surface area contributed by atoms with Crippen molar-refractivity contribution in [3.05, 3.63) is 95.0 Å². The van der Waals surface area contributed by atoms with E-state index in [0.29, 0.717) is 21.6 Å².